The van der Waals surface area contributed by atoms with E-state index in [2.05, 4.69) is 14.9 Å². The van der Waals surface area contributed by atoms with Crippen LogP contribution in [-0.2, 0) is 10.0 Å². The summed E-state index contributed by atoms with van der Waals surface area (Å²) in [4.78, 5) is 15.1. The van der Waals surface area contributed by atoms with Gasteiger partial charge in [0.25, 0.3) is 15.9 Å². The Bertz CT molecular complexity index is 924. The molecule has 2 N–H and O–H groups in total. The van der Waals surface area contributed by atoms with Gasteiger partial charge in [0.2, 0.25) is 0 Å². The first-order chi connectivity index (χ1) is 14.0. The lowest BCUT2D eigenvalue weighted by Gasteiger charge is -2.26. The Hall–Kier alpha value is -2.38. The van der Waals surface area contributed by atoms with Crippen molar-refractivity contribution in [1.82, 2.24) is 10.2 Å². The number of piperidine rings is 1. The van der Waals surface area contributed by atoms with Gasteiger partial charge >= 0.3 is 0 Å². The quantitative estimate of drug-likeness (QED) is 0.648. The first-order valence-corrected chi connectivity index (χ1v) is 11.6. The Kier molecular flexibility index (Phi) is 7.28. The third-order valence-electron chi connectivity index (χ3n) is 5.17. The number of amides is 1. The summed E-state index contributed by atoms with van der Waals surface area (Å²) in [5, 5.41) is 2.96. The summed E-state index contributed by atoms with van der Waals surface area (Å²) in [5.41, 5.74) is 1.70. The number of nitrogens with one attached hydrogen (secondary N) is 2. The number of aryl methyl sites for hydroxylation is 1. The highest BCUT2D eigenvalue weighted by Gasteiger charge is 2.16. The summed E-state index contributed by atoms with van der Waals surface area (Å²) in [6, 6.07) is 13.2. The number of benzene rings is 2. The molecule has 0 unspecified atom stereocenters. The highest BCUT2D eigenvalue weighted by molar-refractivity contribution is 7.92. The number of anilines is 1. The summed E-state index contributed by atoms with van der Waals surface area (Å²) in [7, 11) is -3.65. The number of likely N-dealkylation sites (tertiary alicyclic amines) is 1. The molecule has 1 saturated heterocycles. The molecule has 156 valence electrons. The molecule has 29 heavy (non-hydrogen) atoms. The largest absolute Gasteiger partial charge is 0.352 e. The Labute approximate surface area is 173 Å². The fourth-order valence-electron chi connectivity index (χ4n) is 3.51. The molecular formula is C22H29N3O3S. The molecule has 7 heteroatoms. The topological polar surface area (TPSA) is 78.5 Å². The van der Waals surface area contributed by atoms with E-state index in [9.17, 15) is 13.2 Å². The molecule has 0 atom stereocenters. The fraction of sp³-hybridized carbons (Fsp3) is 0.409. The van der Waals surface area contributed by atoms with Gasteiger partial charge in [-0.2, -0.15) is 0 Å². The van der Waals surface area contributed by atoms with Crippen molar-refractivity contribution in [3.8, 4) is 0 Å². The third-order valence-corrected chi connectivity index (χ3v) is 6.55. The molecule has 1 aliphatic rings. The van der Waals surface area contributed by atoms with Gasteiger partial charge in [-0.25, -0.2) is 8.42 Å². The van der Waals surface area contributed by atoms with Crippen LogP contribution in [-0.4, -0.2) is 45.4 Å². The smallest absolute Gasteiger partial charge is 0.261 e. The molecule has 1 heterocycles. The number of carbonyl (C=O) groups excluding carboxylic acids is 1. The van der Waals surface area contributed by atoms with Crippen LogP contribution in [0.5, 0.6) is 0 Å². The highest BCUT2D eigenvalue weighted by Crippen LogP contribution is 2.21. The average molecular weight is 416 g/mol. The summed E-state index contributed by atoms with van der Waals surface area (Å²) >= 11 is 0. The van der Waals surface area contributed by atoms with E-state index in [1.54, 1.807) is 55.5 Å². The Morgan fingerprint density at radius 2 is 1.76 bits per heavy atom. The molecule has 1 fully saturated rings. The maximum atomic E-state index is 12.5. The Morgan fingerprint density at radius 1 is 1.03 bits per heavy atom. The molecule has 0 aliphatic carbocycles. The lowest BCUT2D eigenvalue weighted by molar-refractivity contribution is 0.0951. The van der Waals surface area contributed by atoms with Crippen LogP contribution in [0.1, 0.15) is 41.6 Å². The van der Waals surface area contributed by atoms with Gasteiger partial charge in [-0.05, 0) is 81.7 Å². The van der Waals surface area contributed by atoms with Crippen LogP contribution in [0.2, 0.25) is 0 Å². The van der Waals surface area contributed by atoms with Crippen LogP contribution in [0.25, 0.3) is 0 Å². The van der Waals surface area contributed by atoms with Crippen molar-refractivity contribution in [2.24, 2.45) is 0 Å². The van der Waals surface area contributed by atoms with E-state index in [1.165, 1.54) is 19.3 Å². The lowest BCUT2D eigenvalue weighted by Crippen LogP contribution is -2.33. The molecule has 6 nitrogen and oxygen atoms in total. The average Bonchev–Trinajstić information content (AvgIpc) is 2.74. The van der Waals surface area contributed by atoms with Gasteiger partial charge in [-0.1, -0.05) is 24.6 Å². The normalized spacial score (nSPS) is 15.1. The van der Waals surface area contributed by atoms with Gasteiger partial charge in [0.1, 0.15) is 0 Å². The maximum Gasteiger partial charge on any atom is 0.261 e. The van der Waals surface area contributed by atoms with Crippen LogP contribution in [0, 0.1) is 6.92 Å². The van der Waals surface area contributed by atoms with Crippen LogP contribution in [0.3, 0.4) is 0 Å². The van der Waals surface area contributed by atoms with Crippen molar-refractivity contribution in [2.45, 2.75) is 37.5 Å². The second kappa shape index (κ2) is 9.89. The van der Waals surface area contributed by atoms with E-state index in [1.807, 2.05) is 0 Å². The van der Waals surface area contributed by atoms with Crippen LogP contribution in [0.4, 0.5) is 5.69 Å². The highest BCUT2D eigenvalue weighted by atomic mass is 32.2. The number of hydrogen-bond acceptors (Lipinski definition) is 4. The van der Waals surface area contributed by atoms with Crippen molar-refractivity contribution in [3.63, 3.8) is 0 Å². The van der Waals surface area contributed by atoms with Crippen molar-refractivity contribution in [2.75, 3.05) is 30.9 Å². The van der Waals surface area contributed by atoms with E-state index in [0.717, 1.165) is 26.1 Å². The predicted octanol–water partition coefficient (Wildman–Crippen LogP) is 3.40. The third kappa shape index (κ3) is 6.05. The summed E-state index contributed by atoms with van der Waals surface area (Å²) in [6.45, 7) is 5.76. The van der Waals surface area contributed by atoms with Crippen molar-refractivity contribution in [1.29, 1.82) is 0 Å². The van der Waals surface area contributed by atoms with Crippen molar-refractivity contribution in [3.05, 3.63) is 59.7 Å². The number of sulfonamides is 1. The minimum absolute atomic E-state index is 0.135. The van der Waals surface area contributed by atoms with Gasteiger partial charge in [-0.3, -0.25) is 9.52 Å². The van der Waals surface area contributed by atoms with Gasteiger partial charge in [0.15, 0.2) is 0 Å². The van der Waals surface area contributed by atoms with E-state index in [-0.39, 0.29) is 10.8 Å². The molecular weight excluding hydrogens is 386 g/mol. The van der Waals surface area contributed by atoms with Gasteiger partial charge in [0, 0.05) is 12.1 Å². The van der Waals surface area contributed by atoms with Gasteiger partial charge in [-0.15, -0.1) is 0 Å². The van der Waals surface area contributed by atoms with E-state index < -0.39 is 10.0 Å². The lowest BCUT2D eigenvalue weighted by atomic mass is 10.1. The molecule has 0 radical (unpaired) electrons. The minimum atomic E-state index is -3.65. The fourth-order valence-corrected chi connectivity index (χ4v) is 4.66. The molecule has 0 bridgehead atoms. The van der Waals surface area contributed by atoms with Crippen LogP contribution in [0.15, 0.2) is 53.4 Å². The Balaban J connectivity index is 1.53. The monoisotopic (exact) mass is 415 g/mol. The number of carbonyl (C=O) groups is 1. The first-order valence-electron chi connectivity index (χ1n) is 10.1. The SMILES string of the molecule is Cc1cc(C(=O)NCCCN2CCCCC2)ccc1NS(=O)(=O)c1ccccc1. The van der Waals surface area contributed by atoms with Gasteiger partial charge in [0.05, 0.1) is 10.6 Å². The summed E-state index contributed by atoms with van der Waals surface area (Å²) < 4.78 is 27.6. The van der Waals surface area contributed by atoms with Crippen molar-refractivity contribution >= 4 is 21.6 Å². The molecule has 1 amide bonds. The van der Waals surface area contributed by atoms with Crippen molar-refractivity contribution < 1.29 is 13.2 Å². The molecule has 0 saturated carbocycles. The summed E-state index contributed by atoms with van der Waals surface area (Å²) in [6.07, 6.45) is 4.79. The number of rotatable bonds is 8. The molecule has 2 aromatic carbocycles. The zero-order valence-corrected chi connectivity index (χ0v) is 17.7. The van der Waals surface area contributed by atoms with Crippen LogP contribution >= 0.6 is 0 Å². The molecule has 0 aromatic heterocycles. The molecule has 1 aliphatic heterocycles. The molecule has 2 aromatic rings. The summed E-state index contributed by atoms with van der Waals surface area (Å²) in [5.74, 6) is -0.135. The van der Waals surface area contributed by atoms with E-state index in [0.29, 0.717) is 23.4 Å². The Morgan fingerprint density at radius 3 is 2.45 bits per heavy atom. The van der Waals surface area contributed by atoms with E-state index >= 15 is 0 Å². The van der Waals surface area contributed by atoms with E-state index in [4.69, 9.17) is 0 Å². The predicted molar refractivity (Wildman–Crippen MR) is 116 cm³/mol. The van der Waals surface area contributed by atoms with Gasteiger partial charge < -0.3 is 10.2 Å². The van der Waals surface area contributed by atoms with Crippen LogP contribution < -0.4 is 10.0 Å². The number of hydrogen-bond donors (Lipinski definition) is 2. The maximum absolute atomic E-state index is 12.5. The molecule has 0 spiro atoms. The zero-order valence-electron chi connectivity index (χ0n) is 16.9. The second-order valence-electron chi connectivity index (χ2n) is 7.46. The standard InChI is InChI=1S/C22H29N3O3S/c1-18-17-19(22(26)23-13-8-16-25-14-6-3-7-15-25)11-12-21(18)24-29(27,28)20-9-4-2-5-10-20/h2,4-5,9-12,17,24H,3,6-8,13-16H2,1H3,(H,23,26). The second-order valence-corrected chi connectivity index (χ2v) is 9.14. The zero-order chi connectivity index (χ0) is 20.7. The molecule has 3 rings (SSSR count). The first kappa shape index (κ1) is 21.3. The number of nitrogens with zero attached hydrogens (tertiary/aromatic N) is 1. The minimum Gasteiger partial charge on any atom is -0.352 e.